The number of carboxylic acid groups (broad SMARTS) is 1. The Bertz CT molecular complexity index is 4490. The smallest absolute Gasteiger partial charge is 0.338 e. The summed E-state index contributed by atoms with van der Waals surface area (Å²) >= 11 is 0. The van der Waals surface area contributed by atoms with Gasteiger partial charge < -0.3 is 25.0 Å². The molecule has 3 aromatic heterocycles. The maximum atomic E-state index is 13.3. The molecule has 0 unspecified atom stereocenters. The summed E-state index contributed by atoms with van der Waals surface area (Å²) in [7, 11) is 0. The number of rotatable bonds is 8. The molecule has 10 aromatic rings. The van der Waals surface area contributed by atoms with E-state index in [2.05, 4.69) is 35.6 Å². The highest BCUT2D eigenvalue weighted by Crippen LogP contribution is 2.34. The third-order valence-corrected chi connectivity index (χ3v) is 15.0. The van der Waals surface area contributed by atoms with Crippen molar-refractivity contribution >= 4 is 68.4 Å². The number of aromatic amines is 2. The van der Waals surface area contributed by atoms with E-state index < -0.39 is 11.9 Å². The Morgan fingerprint density at radius 3 is 1.73 bits per heavy atom. The van der Waals surface area contributed by atoms with Crippen molar-refractivity contribution in [2.24, 2.45) is 0 Å². The van der Waals surface area contributed by atoms with Gasteiger partial charge in [-0.15, -0.1) is 0 Å². The van der Waals surface area contributed by atoms with Gasteiger partial charge in [-0.3, -0.25) is 28.8 Å². The molecule has 1 aliphatic carbocycles. The monoisotopic (exact) mass is 1140 g/mol. The minimum atomic E-state index is -0.962. The standard InChI is InChI=1S/C27H24N6O3.C16H12N2O3.C16H9NO2.C8H6O2/c34-25-16-23-21(29-25)8-9-24(28-23)32-10-12-33(13-11-32)27(36)18-5-3-4-17(14-18)15-22-19-6-1-2-7-20(19)26(35)31-30-22;19-15-13-7-2-1-6-12(13)14(17-18-15)9-10-4-3-5-11(8-10)16(20)21;17-9-10-4-3-5-11(8-10)14-15(18)12-6-1-2-7-13(12)16(14)19;9-8-7-4-2-1-3-6(7)5-10-8/h1-9,14H,10-13,15-16H2,(H,29,34)(H,31,35);1-8H,9H2,(H,18,19)(H,20,21);1-8,14H;1-4H,5H2. The van der Waals surface area contributed by atoms with Crippen molar-refractivity contribution < 1.29 is 38.6 Å². The second-order valence-corrected chi connectivity index (χ2v) is 20.5. The number of fused-ring (bicyclic) bond motifs is 5. The molecule has 0 atom stereocenters. The highest BCUT2D eigenvalue weighted by atomic mass is 16.5. The molecule has 7 aromatic carbocycles. The van der Waals surface area contributed by atoms with Gasteiger partial charge in [0.25, 0.3) is 17.0 Å². The number of Topliss-reactive ketones (excluding diaryl/α,β-unsaturated/α-hetero) is 2. The highest BCUT2D eigenvalue weighted by molar-refractivity contribution is 6.29. The minimum Gasteiger partial charge on any atom is -0.478 e. The number of nitrogens with zero attached hydrogens (tertiary/aromatic N) is 6. The van der Waals surface area contributed by atoms with Gasteiger partial charge in [0.1, 0.15) is 18.3 Å². The summed E-state index contributed by atoms with van der Waals surface area (Å²) < 4.78 is 4.78. The minimum absolute atomic E-state index is 0.00695. The number of amides is 2. The van der Waals surface area contributed by atoms with E-state index in [1.165, 1.54) is 0 Å². The van der Waals surface area contributed by atoms with Gasteiger partial charge in [-0.05, 0) is 83.4 Å². The molecule has 6 heterocycles. The number of hydrogen-bond donors (Lipinski definition) is 4. The SMILES string of the molecule is N#Cc1cccc(C2C(=O)c3ccccc3C2=O)c1.O=C(O)c1cccc(Cc2n[nH]c(=O)c3ccccc23)c1.O=C1Cc2nc(N3CCN(C(=O)c4cccc(Cc5n[nH]c(=O)c6ccccc56)c4)CC3)ccc2N1.O=C1OCc2ccccc21. The molecule has 14 rings (SSSR count). The third kappa shape index (κ3) is 12.2. The highest BCUT2D eigenvalue weighted by Gasteiger charge is 2.39. The van der Waals surface area contributed by atoms with E-state index in [-0.39, 0.29) is 46.0 Å². The van der Waals surface area contributed by atoms with E-state index in [0.29, 0.717) is 102 Å². The van der Waals surface area contributed by atoms with Crippen LogP contribution in [-0.4, -0.2) is 96.9 Å². The molecular weight excluding hydrogens is 1090 g/mol. The topological polar surface area (TPSA) is 279 Å². The van der Waals surface area contributed by atoms with Gasteiger partial charge in [0.05, 0.1) is 62.7 Å². The number of nitrogens with one attached hydrogen (secondary N) is 3. The van der Waals surface area contributed by atoms with Crippen molar-refractivity contribution in [2.45, 2.75) is 31.8 Å². The van der Waals surface area contributed by atoms with Crippen molar-refractivity contribution in [3.63, 3.8) is 0 Å². The first-order valence-corrected chi connectivity index (χ1v) is 27.4. The van der Waals surface area contributed by atoms with Crippen LogP contribution in [0.1, 0.15) is 103 Å². The van der Waals surface area contributed by atoms with E-state index in [1.807, 2.05) is 102 Å². The number of H-pyrrole nitrogens is 2. The summed E-state index contributed by atoms with van der Waals surface area (Å²) in [6.07, 6.45) is 1.27. The Hall–Kier alpha value is -11.5. The molecule has 19 nitrogen and oxygen atoms in total. The van der Waals surface area contributed by atoms with Gasteiger partial charge in [0.2, 0.25) is 5.91 Å². The van der Waals surface area contributed by atoms with Gasteiger partial charge in [0, 0.05) is 72.0 Å². The third-order valence-electron chi connectivity index (χ3n) is 15.0. The number of ketones is 2. The van der Waals surface area contributed by atoms with Crippen molar-refractivity contribution in [1.82, 2.24) is 30.3 Å². The van der Waals surface area contributed by atoms with Crippen LogP contribution in [0.2, 0.25) is 0 Å². The molecule has 86 heavy (non-hydrogen) atoms. The first kappa shape index (κ1) is 56.3. The van der Waals surface area contributed by atoms with Crippen molar-refractivity contribution in [3.05, 3.63) is 275 Å². The Balaban J connectivity index is 0.000000131. The molecule has 4 N–H and O–H groups in total. The number of nitriles is 1. The molecule has 2 amide bonds. The summed E-state index contributed by atoms with van der Waals surface area (Å²) in [4.78, 5) is 104. The summed E-state index contributed by atoms with van der Waals surface area (Å²) in [5, 5.41) is 36.9. The number of carbonyl (C=O) groups is 6. The summed E-state index contributed by atoms with van der Waals surface area (Å²) in [5.74, 6) is -1.53. The van der Waals surface area contributed by atoms with E-state index in [0.717, 1.165) is 50.4 Å². The van der Waals surface area contributed by atoms with E-state index in [4.69, 9.17) is 15.1 Å². The van der Waals surface area contributed by atoms with Gasteiger partial charge in [-0.25, -0.2) is 24.8 Å². The van der Waals surface area contributed by atoms with Crippen LogP contribution in [0, 0.1) is 11.3 Å². The molecular formula is C67H51N9O10. The fourth-order valence-electron chi connectivity index (χ4n) is 10.7. The van der Waals surface area contributed by atoms with Crippen LogP contribution >= 0.6 is 0 Å². The lowest BCUT2D eigenvalue weighted by molar-refractivity contribution is -0.115. The quantitative estimate of drug-likeness (QED) is 0.0818. The number of pyridine rings is 1. The number of benzene rings is 7. The second kappa shape index (κ2) is 24.9. The first-order chi connectivity index (χ1) is 41.8. The molecule has 0 spiro atoms. The van der Waals surface area contributed by atoms with Crippen LogP contribution in [0.25, 0.3) is 21.5 Å². The number of cyclic esters (lactones) is 1. The molecule has 0 radical (unpaired) electrons. The zero-order valence-corrected chi connectivity index (χ0v) is 45.9. The number of aromatic carboxylic acids is 1. The van der Waals surface area contributed by atoms with E-state index >= 15 is 0 Å². The molecule has 1 saturated heterocycles. The van der Waals surface area contributed by atoms with Crippen LogP contribution in [0.5, 0.6) is 0 Å². The van der Waals surface area contributed by atoms with Gasteiger partial charge >= 0.3 is 11.9 Å². The number of aromatic nitrogens is 5. The van der Waals surface area contributed by atoms with Crippen molar-refractivity contribution in [3.8, 4) is 6.07 Å². The summed E-state index contributed by atoms with van der Waals surface area (Å²) in [6.45, 7) is 2.96. The van der Waals surface area contributed by atoms with Gasteiger partial charge in [-0.1, -0.05) is 115 Å². The van der Waals surface area contributed by atoms with Crippen LogP contribution in [0.4, 0.5) is 11.5 Å². The van der Waals surface area contributed by atoms with Crippen LogP contribution in [0.3, 0.4) is 0 Å². The lowest BCUT2D eigenvalue weighted by Gasteiger charge is -2.35. The van der Waals surface area contributed by atoms with Crippen molar-refractivity contribution in [2.75, 3.05) is 36.4 Å². The molecule has 3 aliphatic heterocycles. The van der Waals surface area contributed by atoms with E-state index in [1.54, 1.807) is 91.0 Å². The van der Waals surface area contributed by atoms with Crippen LogP contribution in [-0.2, 0) is 35.4 Å². The Morgan fingerprint density at radius 2 is 1.14 bits per heavy atom. The first-order valence-electron chi connectivity index (χ1n) is 27.4. The molecule has 4 aliphatic rings. The molecule has 0 bridgehead atoms. The number of carboxylic acids is 1. The number of esters is 1. The molecule has 424 valence electrons. The van der Waals surface area contributed by atoms with Crippen molar-refractivity contribution in [1.29, 1.82) is 5.26 Å². The Morgan fingerprint density at radius 1 is 0.593 bits per heavy atom. The maximum Gasteiger partial charge on any atom is 0.338 e. The van der Waals surface area contributed by atoms with E-state index in [9.17, 15) is 38.4 Å². The lowest BCUT2D eigenvalue weighted by atomic mass is 9.93. The molecule has 19 heteroatoms. The average molecular weight is 1140 g/mol. The van der Waals surface area contributed by atoms with Gasteiger partial charge in [0.15, 0.2) is 11.6 Å². The number of carbonyl (C=O) groups excluding carboxylic acids is 5. The second-order valence-electron chi connectivity index (χ2n) is 20.5. The normalized spacial score (nSPS) is 13.8. The Labute approximate surface area is 490 Å². The lowest BCUT2D eigenvalue weighted by Crippen LogP contribution is -2.49. The van der Waals surface area contributed by atoms with Crippen LogP contribution < -0.4 is 21.3 Å². The maximum absolute atomic E-state index is 13.3. The largest absolute Gasteiger partial charge is 0.478 e. The fraction of sp³-hybridized carbons (Fsp3) is 0.134. The number of hydrogen-bond acceptors (Lipinski definition) is 14. The molecule has 0 saturated carbocycles. The predicted molar refractivity (Wildman–Crippen MR) is 319 cm³/mol. The van der Waals surface area contributed by atoms with Gasteiger partial charge in [-0.2, -0.15) is 15.5 Å². The zero-order valence-electron chi connectivity index (χ0n) is 45.9. The number of anilines is 2. The average Bonchev–Trinajstić information content (AvgIpc) is 4.27. The predicted octanol–water partition coefficient (Wildman–Crippen LogP) is 8.66. The summed E-state index contributed by atoms with van der Waals surface area (Å²) in [5.41, 5.74) is 8.95. The summed E-state index contributed by atoms with van der Waals surface area (Å²) in [6, 6.07) is 55.7. The Kier molecular flexibility index (Phi) is 16.3. The van der Waals surface area contributed by atoms with Crippen LogP contribution in [0.15, 0.2) is 192 Å². The molecule has 1 fully saturated rings. The number of ether oxygens (including phenoxy) is 1. The number of piperazine rings is 1. The fourth-order valence-corrected chi connectivity index (χ4v) is 10.7. The zero-order chi connectivity index (χ0) is 59.8.